The molecule has 24 heavy (non-hydrogen) atoms. The number of ether oxygens (including phenoxy) is 1. The summed E-state index contributed by atoms with van der Waals surface area (Å²) in [6, 6.07) is 9.80. The standard InChI is InChI=1S/C16H19IN2O4S/c1-23-16-8-12(14(17)9-15(16)20)10-19-24(21,22)13-4-2-11(3-5-13)6-7-18/h2-5,8-9,19-20H,6-7,10,18H2,1H3. The number of hydrogen-bond acceptors (Lipinski definition) is 5. The second kappa shape index (κ2) is 8.15. The molecule has 0 saturated carbocycles. The zero-order valence-electron chi connectivity index (χ0n) is 13.1. The van der Waals surface area contributed by atoms with Crippen molar-refractivity contribution in [3.63, 3.8) is 0 Å². The van der Waals surface area contributed by atoms with Crippen molar-refractivity contribution < 1.29 is 18.3 Å². The molecule has 0 aliphatic heterocycles. The summed E-state index contributed by atoms with van der Waals surface area (Å²) in [5.74, 6) is 0.319. The van der Waals surface area contributed by atoms with Crippen molar-refractivity contribution in [2.45, 2.75) is 17.9 Å². The first-order valence-corrected chi connectivity index (χ1v) is 9.77. The molecule has 0 heterocycles. The monoisotopic (exact) mass is 462 g/mol. The predicted octanol–water partition coefficient (Wildman–Crippen LogP) is 1.99. The third-order valence-electron chi connectivity index (χ3n) is 3.47. The van der Waals surface area contributed by atoms with E-state index in [0.717, 1.165) is 9.13 Å². The van der Waals surface area contributed by atoms with Crippen LogP contribution in [0.5, 0.6) is 11.5 Å². The maximum Gasteiger partial charge on any atom is 0.240 e. The smallest absolute Gasteiger partial charge is 0.240 e. The van der Waals surface area contributed by atoms with Crippen LogP contribution >= 0.6 is 22.6 Å². The van der Waals surface area contributed by atoms with Crippen LogP contribution < -0.4 is 15.2 Å². The third-order valence-corrected chi connectivity index (χ3v) is 5.89. The first-order chi connectivity index (χ1) is 11.4. The van der Waals surface area contributed by atoms with Crippen LogP contribution in [0, 0.1) is 3.57 Å². The largest absolute Gasteiger partial charge is 0.504 e. The molecular weight excluding hydrogens is 443 g/mol. The topological polar surface area (TPSA) is 102 Å². The molecule has 0 aliphatic carbocycles. The van der Waals surface area contributed by atoms with Gasteiger partial charge in [0.2, 0.25) is 10.0 Å². The molecule has 0 aliphatic rings. The summed E-state index contributed by atoms with van der Waals surface area (Å²) < 4.78 is 33.1. The fourth-order valence-corrected chi connectivity index (χ4v) is 3.79. The van der Waals surface area contributed by atoms with Crippen LogP contribution in [0.4, 0.5) is 0 Å². The minimum atomic E-state index is -3.62. The van der Waals surface area contributed by atoms with Gasteiger partial charge in [-0.15, -0.1) is 0 Å². The average molecular weight is 462 g/mol. The lowest BCUT2D eigenvalue weighted by Crippen LogP contribution is -2.23. The molecule has 2 aromatic rings. The molecule has 4 N–H and O–H groups in total. The zero-order chi connectivity index (χ0) is 17.7. The average Bonchev–Trinajstić information content (AvgIpc) is 2.55. The predicted molar refractivity (Wildman–Crippen MR) is 101 cm³/mol. The van der Waals surface area contributed by atoms with Gasteiger partial charge >= 0.3 is 0 Å². The number of sulfonamides is 1. The number of aromatic hydroxyl groups is 1. The summed E-state index contributed by atoms with van der Waals surface area (Å²) >= 11 is 2.04. The number of phenolic OH excluding ortho intramolecular Hbond substituents is 1. The molecular formula is C16H19IN2O4S. The van der Waals surface area contributed by atoms with E-state index in [2.05, 4.69) is 4.72 Å². The Hall–Kier alpha value is -1.36. The van der Waals surface area contributed by atoms with E-state index in [1.807, 2.05) is 22.6 Å². The van der Waals surface area contributed by atoms with Gasteiger partial charge in [-0.2, -0.15) is 0 Å². The SMILES string of the molecule is COc1cc(CNS(=O)(=O)c2ccc(CCN)cc2)c(I)cc1O. The summed E-state index contributed by atoms with van der Waals surface area (Å²) in [6.07, 6.45) is 0.708. The first kappa shape index (κ1) is 19.0. The highest BCUT2D eigenvalue weighted by Gasteiger charge is 2.15. The Morgan fingerprint density at radius 2 is 1.92 bits per heavy atom. The Balaban J connectivity index is 2.15. The molecule has 6 nitrogen and oxygen atoms in total. The Kier molecular flexibility index (Phi) is 6.44. The van der Waals surface area contributed by atoms with E-state index in [0.29, 0.717) is 24.3 Å². The number of nitrogens with one attached hydrogen (secondary N) is 1. The Morgan fingerprint density at radius 3 is 2.50 bits per heavy atom. The van der Waals surface area contributed by atoms with Crippen LogP contribution in [-0.2, 0) is 23.0 Å². The van der Waals surface area contributed by atoms with Crippen LogP contribution in [-0.4, -0.2) is 27.2 Å². The summed E-state index contributed by atoms with van der Waals surface area (Å²) in [7, 11) is -2.18. The molecule has 2 rings (SSSR count). The van der Waals surface area contributed by atoms with Gasteiger partial charge in [0.1, 0.15) is 0 Å². The highest BCUT2D eigenvalue weighted by molar-refractivity contribution is 14.1. The van der Waals surface area contributed by atoms with E-state index in [4.69, 9.17) is 10.5 Å². The van der Waals surface area contributed by atoms with E-state index in [-0.39, 0.29) is 17.2 Å². The quantitative estimate of drug-likeness (QED) is 0.547. The Morgan fingerprint density at radius 1 is 1.25 bits per heavy atom. The summed E-state index contributed by atoms with van der Waals surface area (Å²) in [6.45, 7) is 0.618. The second-order valence-electron chi connectivity index (χ2n) is 5.12. The van der Waals surface area contributed by atoms with E-state index in [9.17, 15) is 13.5 Å². The number of hydrogen-bond donors (Lipinski definition) is 3. The van der Waals surface area contributed by atoms with Gasteiger partial charge in [0.15, 0.2) is 11.5 Å². The van der Waals surface area contributed by atoms with Gasteiger partial charge in [0.25, 0.3) is 0 Å². The molecule has 2 aromatic carbocycles. The third kappa shape index (κ3) is 4.59. The summed E-state index contributed by atoms with van der Waals surface area (Å²) in [5.41, 5.74) is 7.20. The molecule has 0 fully saturated rings. The maximum absolute atomic E-state index is 12.4. The maximum atomic E-state index is 12.4. The van der Waals surface area contributed by atoms with Gasteiger partial charge in [0, 0.05) is 10.1 Å². The highest BCUT2D eigenvalue weighted by Crippen LogP contribution is 2.30. The number of nitrogens with two attached hydrogens (primary N) is 1. The molecule has 0 atom stereocenters. The normalized spacial score (nSPS) is 11.5. The van der Waals surface area contributed by atoms with Crippen molar-refractivity contribution in [2.24, 2.45) is 5.73 Å². The van der Waals surface area contributed by atoms with Gasteiger partial charge in [-0.05, 0) is 70.9 Å². The van der Waals surface area contributed by atoms with Gasteiger partial charge in [-0.1, -0.05) is 12.1 Å². The van der Waals surface area contributed by atoms with E-state index >= 15 is 0 Å². The van der Waals surface area contributed by atoms with Crippen molar-refractivity contribution in [2.75, 3.05) is 13.7 Å². The lowest BCUT2D eigenvalue weighted by atomic mass is 10.2. The number of phenols is 1. The van der Waals surface area contributed by atoms with Crippen molar-refractivity contribution in [3.05, 3.63) is 51.1 Å². The minimum Gasteiger partial charge on any atom is -0.504 e. The molecule has 8 heteroatoms. The van der Waals surface area contributed by atoms with Crippen molar-refractivity contribution in [1.29, 1.82) is 0 Å². The second-order valence-corrected chi connectivity index (χ2v) is 8.05. The van der Waals surface area contributed by atoms with E-state index in [1.165, 1.54) is 13.2 Å². The summed E-state index contributed by atoms with van der Waals surface area (Å²) in [4.78, 5) is 0.198. The number of rotatable bonds is 7. The molecule has 0 radical (unpaired) electrons. The number of methoxy groups -OCH3 is 1. The number of halogens is 1. The highest BCUT2D eigenvalue weighted by atomic mass is 127. The molecule has 0 spiro atoms. The lowest BCUT2D eigenvalue weighted by Gasteiger charge is -2.11. The molecule has 130 valence electrons. The zero-order valence-corrected chi connectivity index (χ0v) is 16.1. The number of benzene rings is 2. The van der Waals surface area contributed by atoms with Crippen LogP contribution in [0.3, 0.4) is 0 Å². The van der Waals surface area contributed by atoms with Crippen LogP contribution in [0.2, 0.25) is 0 Å². The van der Waals surface area contributed by atoms with Crippen LogP contribution in [0.25, 0.3) is 0 Å². The fraction of sp³-hybridized carbons (Fsp3) is 0.250. The minimum absolute atomic E-state index is 0.0176. The molecule has 0 aromatic heterocycles. The lowest BCUT2D eigenvalue weighted by molar-refractivity contribution is 0.372. The Labute approximate surface area is 155 Å². The van der Waals surface area contributed by atoms with Crippen LogP contribution in [0.1, 0.15) is 11.1 Å². The first-order valence-electron chi connectivity index (χ1n) is 7.21. The van der Waals surface area contributed by atoms with E-state index in [1.54, 1.807) is 30.3 Å². The summed E-state index contributed by atoms with van der Waals surface area (Å²) in [5, 5.41) is 9.71. The van der Waals surface area contributed by atoms with Gasteiger partial charge < -0.3 is 15.6 Å². The molecule has 0 amide bonds. The molecule has 0 saturated heterocycles. The van der Waals surface area contributed by atoms with E-state index < -0.39 is 10.0 Å². The Bertz CT molecular complexity index is 808. The van der Waals surface area contributed by atoms with Crippen molar-refractivity contribution in [1.82, 2.24) is 4.72 Å². The van der Waals surface area contributed by atoms with Crippen molar-refractivity contribution >= 4 is 32.6 Å². The van der Waals surface area contributed by atoms with Crippen LogP contribution in [0.15, 0.2) is 41.3 Å². The van der Waals surface area contributed by atoms with Crippen molar-refractivity contribution in [3.8, 4) is 11.5 Å². The van der Waals surface area contributed by atoms with Gasteiger partial charge in [-0.3, -0.25) is 0 Å². The van der Waals surface area contributed by atoms with Gasteiger partial charge in [0.05, 0.1) is 12.0 Å². The fourth-order valence-electron chi connectivity index (χ4n) is 2.14. The molecule has 0 bridgehead atoms. The molecule has 0 unspecified atom stereocenters. The van der Waals surface area contributed by atoms with Gasteiger partial charge in [-0.25, -0.2) is 13.1 Å².